The van der Waals surface area contributed by atoms with E-state index in [1.807, 2.05) is 0 Å². The van der Waals surface area contributed by atoms with Crippen molar-refractivity contribution in [2.75, 3.05) is 50.8 Å². The van der Waals surface area contributed by atoms with Crippen LogP contribution in [0.1, 0.15) is 30.9 Å². The Bertz CT molecular complexity index is 422. The van der Waals surface area contributed by atoms with Gasteiger partial charge >= 0.3 is 0 Å². The Morgan fingerprint density at radius 3 is 2.29 bits per heavy atom. The standard InChI is InChI=1S/C17H27N3O/c21-14-7-17(20-12-8-18-9-13-20)15-3-5-16(6-4-15)19-10-1-2-11-19/h3-6,17-18,21H,1-2,7-14H2/t17-/m1/s1. The van der Waals surface area contributed by atoms with Gasteiger partial charge in [0.05, 0.1) is 0 Å². The predicted molar refractivity (Wildman–Crippen MR) is 86.8 cm³/mol. The maximum Gasteiger partial charge on any atom is 0.0449 e. The van der Waals surface area contributed by atoms with Gasteiger partial charge in [-0.15, -0.1) is 0 Å². The minimum absolute atomic E-state index is 0.252. The van der Waals surface area contributed by atoms with Crippen LogP contribution in [0, 0.1) is 0 Å². The maximum absolute atomic E-state index is 9.41. The number of nitrogens with zero attached hydrogens (tertiary/aromatic N) is 2. The third kappa shape index (κ3) is 3.57. The molecule has 0 bridgehead atoms. The molecule has 3 rings (SSSR count). The van der Waals surface area contributed by atoms with Crippen LogP contribution < -0.4 is 10.2 Å². The molecule has 0 unspecified atom stereocenters. The van der Waals surface area contributed by atoms with Gasteiger partial charge in [-0.2, -0.15) is 0 Å². The second-order valence-corrected chi connectivity index (χ2v) is 6.10. The number of aliphatic hydroxyl groups is 1. The smallest absolute Gasteiger partial charge is 0.0449 e. The number of benzene rings is 1. The summed E-state index contributed by atoms with van der Waals surface area (Å²) in [5.41, 5.74) is 2.69. The fraction of sp³-hybridized carbons (Fsp3) is 0.647. The van der Waals surface area contributed by atoms with Gasteiger partial charge < -0.3 is 15.3 Å². The summed E-state index contributed by atoms with van der Waals surface area (Å²) in [5.74, 6) is 0. The Balaban J connectivity index is 1.72. The zero-order valence-corrected chi connectivity index (χ0v) is 12.8. The van der Waals surface area contributed by atoms with Crippen LogP contribution in [-0.2, 0) is 0 Å². The van der Waals surface area contributed by atoms with Gasteiger partial charge in [0, 0.05) is 57.6 Å². The Kier molecular flexibility index (Phi) is 5.12. The lowest BCUT2D eigenvalue weighted by atomic mass is 10.0. The van der Waals surface area contributed by atoms with Crippen molar-refractivity contribution in [2.24, 2.45) is 0 Å². The number of hydrogen-bond donors (Lipinski definition) is 2. The number of aliphatic hydroxyl groups excluding tert-OH is 1. The molecule has 4 nitrogen and oxygen atoms in total. The van der Waals surface area contributed by atoms with Crippen molar-refractivity contribution in [3.05, 3.63) is 29.8 Å². The molecule has 1 aromatic carbocycles. The van der Waals surface area contributed by atoms with E-state index >= 15 is 0 Å². The fourth-order valence-electron chi connectivity index (χ4n) is 3.56. The third-order valence-corrected chi connectivity index (χ3v) is 4.74. The molecule has 116 valence electrons. The summed E-state index contributed by atoms with van der Waals surface area (Å²) >= 11 is 0. The van der Waals surface area contributed by atoms with Crippen LogP contribution in [0.4, 0.5) is 5.69 Å². The monoisotopic (exact) mass is 289 g/mol. The molecule has 4 heteroatoms. The highest BCUT2D eigenvalue weighted by molar-refractivity contribution is 5.48. The maximum atomic E-state index is 9.41. The summed E-state index contributed by atoms with van der Waals surface area (Å²) in [6.07, 6.45) is 3.45. The van der Waals surface area contributed by atoms with Crippen LogP contribution in [0.3, 0.4) is 0 Å². The number of piperazine rings is 1. The molecule has 2 heterocycles. The SMILES string of the molecule is OCC[C@H](c1ccc(N2CCCC2)cc1)N1CCNCC1. The molecule has 0 saturated carbocycles. The first-order valence-electron chi connectivity index (χ1n) is 8.29. The van der Waals surface area contributed by atoms with Crippen molar-refractivity contribution in [3.63, 3.8) is 0 Å². The van der Waals surface area contributed by atoms with Crippen LogP contribution in [0.5, 0.6) is 0 Å². The molecule has 2 aliphatic heterocycles. The van der Waals surface area contributed by atoms with E-state index in [9.17, 15) is 5.11 Å². The molecule has 0 aliphatic carbocycles. The normalized spacial score (nSPS) is 21.7. The van der Waals surface area contributed by atoms with E-state index in [4.69, 9.17) is 0 Å². The second kappa shape index (κ2) is 7.25. The largest absolute Gasteiger partial charge is 0.396 e. The minimum Gasteiger partial charge on any atom is -0.396 e. The second-order valence-electron chi connectivity index (χ2n) is 6.10. The van der Waals surface area contributed by atoms with Crippen molar-refractivity contribution >= 4 is 5.69 Å². The molecule has 0 spiro atoms. The molecular formula is C17H27N3O. The van der Waals surface area contributed by atoms with Gasteiger partial charge in [0.25, 0.3) is 0 Å². The molecule has 0 amide bonds. The van der Waals surface area contributed by atoms with E-state index in [0.29, 0.717) is 6.04 Å². The lowest BCUT2D eigenvalue weighted by Gasteiger charge is -2.35. The van der Waals surface area contributed by atoms with Gasteiger partial charge in [0.15, 0.2) is 0 Å². The molecule has 1 aromatic rings. The average molecular weight is 289 g/mol. The van der Waals surface area contributed by atoms with E-state index in [1.165, 1.54) is 37.2 Å². The van der Waals surface area contributed by atoms with E-state index in [-0.39, 0.29) is 6.61 Å². The Hall–Kier alpha value is -1.10. The summed E-state index contributed by atoms with van der Waals surface area (Å²) in [4.78, 5) is 4.97. The van der Waals surface area contributed by atoms with Gasteiger partial charge in [0.1, 0.15) is 0 Å². The number of rotatable bonds is 5. The molecule has 0 radical (unpaired) electrons. The van der Waals surface area contributed by atoms with Crippen LogP contribution in [0.25, 0.3) is 0 Å². The first kappa shape index (κ1) is 14.8. The first-order chi connectivity index (χ1) is 10.4. The summed E-state index contributed by atoms with van der Waals surface area (Å²) in [7, 11) is 0. The summed E-state index contributed by atoms with van der Waals surface area (Å²) < 4.78 is 0. The highest BCUT2D eigenvalue weighted by Gasteiger charge is 2.22. The van der Waals surface area contributed by atoms with Crippen molar-refractivity contribution in [1.82, 2.24) is 10.2 Å². The minimum atomic E-state index is 0.252. The zero-order valence-electron chi connectivity index (χ0n) is 12.8. The van der Waals surface area contributed by atoms with E-state index < -0.39 is 0 Å². The topological polar surface area (TPSA) is 38.7 Å². The molecule has 1 atom stereocenters. The molecule has 2 aliphatic rings. The Morgan fingerprint density at radius 2 is 1.67 bits per heavy atom. The van der Waals surface area contributed by atoms with E-state index in [1.54, 1.807) is 0 Å². The highest BCUT2D eigenvalue weighted by Crippen LogP contribution is 2.27. The van der Waals surface area contributed by atoms with E-state index in [2.05, 4.69) is 39.4 Å². The third-order valence-electron chi connectivity index (χ3n) is 4.74. The zero-order chi connectivity index (χ0) is 14.5. The average Bonchev–Trinajstić information content (AvgIpc) is 3.08. The molecule has 2 fully saturated rings. The van der Waals surface area contributed by atoms with Crippen LogP contribution in [0.2, 0.25) is 0 Å². The first-order valence-corrected chi connectivity index (χ1v) is 8.29. The molecule has 2 saturated heterocycles. The Morgan fingerprint density at radius 1 is 1.00 bits per heavy atom. The molecule has 2 N–H and O–H groups in total. The fourth-order valence-corrected chi connectivity index (χ4v) is 3.56. The van der Waals surface area contributed by atoms with Crippen molar-refractivity contribution < 1.29 is 5.11 Å². The number of anilines is 1. The van der Waals surface area contributed by atoms with Crippen molar-refractivity contribution in [2.45, 2.75) is 25.3 Å². The van der Waals surface area contributed by atoms with Gasteiger partial charge in [-0.25, -0.2) is 0 Å². The van der Waals surface area contributed by atoms with Gasteiger partial charge in [-0.3, -0.25) is 4.90 Å². The molecular weight excluding hydrogens is 262 g/mol. The summed E-state index contributed by atoms with van der Waals surface area (Å²) in [6, 6.07) is 9.39. The van der Waals surface area contributed by atoms with E-state index in [0.717, 1.165) is 32.6 Å². The van der Waals surface area contributed by atoms with Gasteiger partial charge in [-0.05, 0) is 37.0 Å². The summed E-state index contributed by atoms with van der Waals surface area (Å²) in [6.45, 7) is 6.87. The molecule has 21 heavy (non-hydrogen) atoms. The van der Waals surface area contributed by atoms with Crippen LogP contribution >= 0.6 is 0 Å². The lowest BCUT2D eigenvalue weighted by molar-refractivity contribution is 0.141. The Labute approximate surface area is 127 Å². The number of nitrogens with one attached hydrogen (secondary N) is 1. The summed E-state index contributed by atoms with van der Waals surface area (Å²) in [5, 5.41) is 12.8. The van der Waals surface area contributed by atoms with Crippen molar-refractivity contribution in [3.8, 4) is 0 Å². The number of hydrogen-bond acceptors (Lipinski definition) is 4. The van der Waals surface area contributed by atoms with Crippen molar-refractivity contribution in [1.29, 1.82) is 0 Å². The highest BCUT2D eigenvalue weighted by atomic mass is 16.3. The molecule has 0 aromatic heterocycles. The van der Waals surface area contributed by atoms with Crippen LogP contribution in [-0.4, -0.2) is 55.9 Å². The van der Waals surface area contributed by atoms with Crippen LogP contribution in [0.15, 0.2) is 24.3 Å². The quantitative estimate of drug-likeness (QED) is 0.864. The predicted octanol–water partition coefficient (Wildman–Crippen LogP) is 1.62. The van der Waals surface area contributed by atoms with Gasteiger partial charge in [-0.1, -0.05) is 12.1 Å². The lowest BCUT2D eigenvalue weighted by Crippen LogP contribution is -2.45. The van der Waals surface area contributed by atoms with Gasteiger partial charge in [0.2, 0.25) is 0 Å².